The Kier molecular flexibility index (Phi) is 5.71. The molecule has 0 spiro atoms. The van der Waals surface area contributed by atoms with E-state index in [4.69, 9.17) is 4.98 Å². The first-order valence-electron chi connectivity index (χ1n) is 9.37. The number of rotatable bonds is 6. The lowest BCUT2D eigenvalue weighted by Gasteiger charge is -2.23. The highest BCUT2D eigenvalue weighted by molar-refractivity contribution is 7.86. The van der Waals surface area contributed by atoms with Crippen LogP contribution in [-0.2, 0) is 17.3 Å². The summed E-state index contributed by atoms with van der Waals surface area (Å²) in [4.78, 5) is 9.28. The van der Waals surface area contributed by atoms with Gasteiger partial charge in [0.05, 0.1) is 12.2 Å². The third kappa shape index (κ3) is 4.29. The summed E-state index contributed by atoms with van der Waals surface area (Å²) in [6.07, 6.45) is 4.01. The van der Waals surface area contributed by atoms with Crippen molar-refractivity contribution >= 4 is 17.0 Å². The lowest BCUT2D eigenvalue weighted by molar-refractivity contribution is 0.614. The molecule has 0 unspecified atom stereocenters. The first kappa shape index (κ1) is 19.0. The smallest absolute Gasteiger partial charge is 0.0705 e. The van der Waals surface area contributed by atoms with Crippen LogP contribution < -0.4 is 0 Å². The summed E-state index contributed by atoms with van der Waals surface area (Å²) in [5.74, 6) is 0.906. The number of hydrogen-bond donors (Lipinski definition) is 0. The zero-order valence-corrected chi connectivity index (χ0v) is 17.0. The maximum atomic E-state index is 12.7. The van der Waals surface area contributed by atoms with E-state index in [0.29, 0.717) is 5.75 Å². The van der Waals surface area contributed by atoms with Crippen LogP contribution in [0, 0.1) is 0 Å². The van der Waals surface area contributed by atoms with Crippen molar-refractivity contribution in [3.05, 3.63) is 53.2 Å². The molecule has 4 heteroatoms. The molecule has 0 saturated carbocycles. The Bertz CT molecular complexity index is 836. The van der Waals surface area contributed by atoms with E-state index in [1.165, 1.54) is 11.1 Å². The van der Waals surface area contributed by atoms with E-state index in [1.807, 2.05) is 27.0 Å². The minimum atomic E-state index is -0.877. The summed E-state index contributed by atoms with van der Waals surface area (Å²) in [5, 5.41) is 0. The van der Waals surface area contributed by atoms with Gasteiger partial charge in [-0.15, -0.1) is 0 Å². The predicted molar refractivity (Wildman–Crippen MR) is 111 cm³/mol. The number of pyridine rings is 1. The maximum Gasteiger partial charge on any atom is 0.0705 e. The minimum absolute atomic E-state index is 0.191. The van der Waals surface area contributed by atoms with Gasteiger partial charge in [-0.05, 0) is 56.5 Å². The zero-order valence-electron chi connectivity index (χ0n) is 16.2. The van der Waals surface area contributed by atoms with E-state index in [0.717, 1.165) is 36.3 Å². The summed E-state index contributed by atoms with van der Waals surface area (Å²) in [6.45, 7) is 9.07. The van der Waals surface area contributed by atoms with Crippen LogP contribution in [0.1, 0.15) is 63.3 Å². The summed E-state index contributed by atoms with van der Waals surface area (Å²) < 4.78 is 12.5. The van der Waals surface area contributed by atoms with Gasteiger partial charge in [0.25, 0.3) is 0 Å². The molecule has 0 amide bonds. The van der Waals surface area contributed by atoms with Crippen LogP contribution >= 0.6 is 0 Å². The van der Waals surface area contributed by atoms with Crippen LogP contribution in [0.2, 0.25) is 0 Å². The number of aliphatic imine (C=N–C) groups is 1. The van der Waals surface area contributed by atoms with Gasteiger partial charge in [-0.25, -0.2) is 0 Å². The molecule has 2 atom stereocenters. The van der Waals surface area contributed by atoms with Gasteiger partial charge >= 0.3 is 0 Å². The quantitative estimate of drug-likeness (QED) is 0.711. The Morgan fingerprint density at radius 3 is 2.73 bits per heavy atom. The van der Waals surface area contributed by atoms with Crippen molar-refractivity contribution in [1.29, 1.82) is 0 Å². The number of nitrogens with zero attached hydrogens (tertiary/aromatic N) is 2. The molecule has 3 nitrogen and oxygen atoms in total. The number of aromatic nitrogens is 1. The second-order valence-corrected chi connectivity index (χ2v) is 10.2. The van der Waals surface area contributed by atoms with E-state index in [-0.39, 0.29) is 10.7 Å². The van der Waals surface area contributed by atoms with Gasteiger partial charge in [-0.2, -0.15) is 0 Å². The Morgan fingerprint density at radius 2 is 2.00 bits per heavy atom. The number of fused-ring (bicyclic) bond motifs is 1. The van der Waals surface area contributed by atoms with Crippen LogP contribution in [0.25, 0.3) is 11.3 Å². The standard InChI is InChI=1S/C22H28N2OS/c1-5-7-18(15-26(25)22(2,3)4)21-9-6-8-20(24-21)16-10-11-17-13-23-14-19(17)12-16/h6,8-13,18H,5,7,14-15H2,1-4H3/t18-,26+/m1/s1. The third-order valence-corrected chi connectivity index (χ3v) is 6.86. The minimum Gasteiger partial charge on any atom is -0.288 e. The molecular weight excluding hydrogens is 340 g/mol. The summed E-state index contributed by atoms with van der Waals surface area (Å²) >= 11 is 0. The maximum absolute atomic E-state index is 12.7. The van der Waals surface area contributed by atoms with E-state index < -0.39 is 10.8 Å². The normalized spacial score (nSPS) is 15.7. The van der Waals surface area contributed by atoms with Crippen molar-refractivity contribution in [3.63, 3.8) is 0 Å². The number of hydrogen-bond acceptors (Lipinski definition) is 3. The molecule has 0 aliphatic carbocycles. The van der Waals surface area contributed by atoms with Crippen molar-refractivity contribution in [2.24, 2.45) is 4.99 Å². The molecule has 1 aliphatic heterocycles. The predicted octanol–water partition coefficient (Wildman–Crippen LogP) is 5.11. The molecular formula is C22H28N2OS. The second-order valence-electron chi connectivity index (χ2n) is 7.94. The Labute approximate surface area is 159 Å². The van der Waals surface area contributed by atoms with E-state index in [2.05, 4.69) is 48.3 Å². The van der Waals surface area contributed by atoms with Crippen LogP contribution in [0.4, 0.5) is 0 Å². The molecule has 0 radical (unpaired) electrons. The second kappa shape index (κ2) is 7.83. The Balaban J connectivity index is 1.88. The van der Waals surface area contributed by atoms with Gasteiger partial charge in [-0.1, -0.05) is 31.5 Å². The van der Waals surface area contributed by atoms with Gasteiger partial charge in [-0.3, -0.25) is 14.2 Å². The summed E-state index contributed by atoms with van der Waals surface area (Å²) in [7, 11) is -0.877. The lowest BCUT2D eigenvalue weighted by atomic mass is 9.99. The van der Waals surface area contributed by atoms with Gasteiger partial charge in [0.15, 0.2) is 0 Å². The molecule has 3 rings (SSSR count). The highest BCUT2D eigenvalue weighted by atomic mass is 32.2. The fourth-order valence-corrected chi connectivity index (χ4v) is 4.41. The number of benzene rings is 1. The molecule has 2 aromatic rings. The molecule has 1 aliphatic rings. The molecule has 0 N–H and O–H groups in total. The molecule has 0 fully saturated rings. The molecule has 1 aromatic heterocycles. The van der Waals surface area contributed by atoms with Gasteiger partial charge in [0.1, 0.15) is 0 Å². The fraction of sp³-hybridized carbons (Fsp3) is 0.455. The van der Waals surface area contributed by atoms with Gasteiger partial charge < -0.3 is 0 Å². The zero-order chi connectivity index (χ0) is 18.7. The SMILES string of the molecule is CCC[C@H](C[S@](=O)C(C)(C)C)c1cccc(-c2ccc3c(c2)CN=C3)n1. The van der Waals surface area contributed by atoms with Crippen molar-refractivity contribution in [2.45, 2.75) is 57.7 Å². The van der Waals surface area contributed by atoms with Crippen LogP contribution in [0.3, 0.4) is 0 Å². The van der Waals surface area contributed by atoms with Crippen LogP contribution in [-0.4, -0.2) is 25.9 Å². The molecule has 26 heavy (non-hydrogen) atoms. The van der Waals surface area contributed by atoms with Crippen molar-refractivity contribution in [1.82, 2.24) is 4.98 Å². The molecule has 2 heterocycles. The molecule has 138 valence electrons. The lowest BCUT2D eigenvalue weighted by Crippen LogP contribution is -2.27. The van der Waals surface area contributed by atoms with E-state index in [9.17, 15) is 4.21 Å². The molecule has 0 bridgehead atoms. The average molecular weight is 369 g/mol. The van der Waals surface area contributed by atoms with Crippen LogP contribution in [0.15, 0.2) is 41.4 Å². The summed E-state index contributed by atoms with van der Waals surface area (Å²) in [5.41, 5.74) is 5.63. The monoisotopic (exact) mass is 368 g/mol. The third-order valence-electron chi connectivity index (χ3n) is 4.79. The Hall–Kier alpha value is -1.81. The van der Waals surface area contributed by atoms with E-state index >= 15 is 0 Å². The average Bonchev–Trinajstić information content (AvgIpc) is 3.08. The fourth-order valence-electron chi connectivity index (χ4n) is 3.21. The van der Waals surface area contributed by atoms with Gasteiger partial charge in [0.2, 0.25) is 0 Å². The molecule has 1 aromatic carbocycles. The topological polar surface area (TPSA) is 42.3 Å². The Morgan fingerprint density at radius 1 is 1.19 bits per heavy atom. The summed E-state index contributed by atoms with van der Waals surface area (Å²) in [6, 6.07) is 12.6. The van der Waals surface area contributed by atoms with E-state index in [1.54, 1.807) is 0 Å². The largest absolute Gasteiger partial charge is 0.288 e. The highest BCUT2D eigenvalue weighted by Crippen LogP contribution is 2.28. The van der Waals surface area contributed by atoms with Crippen molar-refractivity contribution in [2.75, 3.05) is 5.75 Å². The van der Waals surface area contributed by atoms with Gasteiger partial charge in [0, 0.05) is 44.7 Å². The molecule has 0 saturated heterocycles. The first-order chi connectivity index (χ1) is 12.4. The van der Waals surface area contributed by atoms with Crippen molar-refractivity contribution in [3.8, 4) is 11.3 Å². The van der Waals surface area contributed by atoms with Crippen LogP contribution in [0.5, 0.6) is 0 Å². The first-order valence-corrected chi connectivity index (χ1v) is 10.7. The van der Waals surface area contributed by atoms with Crippen molar-refractivity contribution < 1.29 is 4.21 Å². The highest BCUT2D eigenvalue weighted by Gasteiger charge is 2.24.